The summed E-state index contributed by atoms with van der Waals surface area (Å²) >= 11 is 11.7. The highest BCUT2D eigenvalue weighted by molar-refractivity contribution is 7.80. The molecule has 0 radical (unpaired) electrons. The van der Waals surface area contributed by atoms with Gasteiger partial charge in [-0.25, -0.2) is 0 Å². The number of halogens is 1. The molecule has 1 saturated heterocycles. The van der Waals surface area contributed by atoms with Gasteiger partial charge in [0.1, 0.15) is 12.4 Å². The predicted octanol–water partition coefficient (Wildman–Crippen LogP) is 6.37. The average molecular weight is 571 g/mol. The van der Waals surface area contributed by atoms with Gasteiger partial charge in [0.05, 0.1) is 0 Å². The molecule has 8 heteroatoms. The number of carbonyl (C=O) groups is 1. The second kappa shape index (κ2) is 13.4. The SMILES string of the molecule is O=C(NC(=S)Nc1ccc(N2CCN(Cc3ccccc3Cl)CC2)cc1)c1ccc(OCc2ccccc2)cc1. The molecule has 0 aliphatic carbocycles. The van der Waals surface area contributed by atoms with Crippen LogP contribution in [-0.2, 0) is 13.2 Å². The standard InChI is InChI=1S/C32H31ClN4O2S/c33-30-9-5-4-8-26(30)22-36-18-20-37(21-19-36)28-14-12-27(13-15-28)34-32(40)35-31(38)25-10-16-29(17-11-25)39-23-24-6-2-1-3-7-24/h1-17H,18-23H2,(H2,34,35,38,40). The van der Waals surface area contributed by atoms with E-state index in [0.717, 1.165) is 54.7 Å². The average Bonchev–Trinajstić information content (AvgIpc) is 2.99. The van der Waals surface area contributed by atoms with Crippen LogP contribution >= 0.6 is 23.8 Å². The van der Waals surface area contributed by atoms with Gasteiger partial charge in [0.15, 0.2) is 5.11 Å². The molecule has 0 bridgehead atoms. The Hall–Kier alpha value is -3.91. The van der Waals surface area contributed by atoms with Gasteiger partial charge in [-0.05, 0) is 77.9 Å². The highest BCUT2D eigenvalue weighted by Gasteiger charge is 2.18. The highest BCUT2D eigenvalue weighted by atomic mass is 35.5. The fourth-order valence-corrected chi connectivity index (χ4v) is 4.97. The van der Waals surface area contributed by atoms with Crippen molar-refractivity contribution in [1.29, 1.82) is 0 Å². The molecule has 0 aromatic heterocycles. The van der Waals surface area contributed by atoms with Crippen molar-refractivity contribution in [3.63, 3.8) is 0 Å². The number of piperazine rings is 1. The molecule has 4 aromatic carbocycles. The molecule has 0 unspecified atom stereocenters. The van der Waals surface area contributed by atoms with Crippen molar-refractivity contribution in [2.45, 2.75) is 13.2 Å². The molecular weight excluding hydrogens is 540 g/mol. The Kier molecular flexibility index (Phi) is 9.29. The first-order valence-electron chi connectivity index (χ1n) is 13.2. The van der Waals surface area contributed by atoms with E-state index in [-0.39, 0.29) is 11.0 Å². The zero-order valence-corrected chi connectivity index (χ0v) is 23.6. The van der Waals surface area contributed by atoms with Gasteiger partial charge in [-0.15, -0.1) is 0 Å². The van der Waals surface area contributed by atoms with Crippen molar-refractivity contribution >= 4 is 46.2 Å². The summed E-state index contributed by atoms with van der Waals surface area (Å²) in [5.74, 6) is 0.418. The van der Waals surface area contributed by atoms with Gasteiger partial charge in [0, 0.05) is 54.7 Å². The van der Waals surface area contributed by atoms with Gasteiger partial charge in [0.2, 0.25) is 0 Å². The molecule has 0 atom stereocenters. The molecule has 4 aromatic rings. The van der Waals surface area contributed by atoms with E-state index in [4.69, 9.17) is 28.6 Å². The minimum Gasteiger partial charge on any atom is -0.489 e. The van der Waals surface area contributed by atoms with Crippen LogP contribution in [0.25, 0.3) is 0 Å². The fourth-order valence-electron chi connectivity index (χ4n) is 4.57. The predicted molar refractivity (Wildman–Crippen MR) is 166 cm³/mol. The third-order valence-corrected chi connectivity index (χ3v) is 7.38. The zero-order chi connectivity index (χ0) is 27.7. The molecule has 204 valence electrons. The molecule has 1 aliphatic heterocycles. The van der Waals surface area contributed by atoms with Crippen molar-refractivity contribution < 1.29 is 9.53 Å². The van der Waals surface area contributed by atoms with Crippen LogP contribution in [0.1, 0.15) is 21.5 Å². The van der Waals surface area contributed by atoms with Crippen molar-refractivity contribution in [2.75, 3.05) is 36.4 Å². The van der Waals surface area contributed by atoms with Crippen molar-refractivity contribution in [3.05, 3.63) is 125 Å². The van der Waals surface area contributed by atoms with E-state index in [1.165, 1.54) is 5.56 Å². The maximum Gasteiger partial charge on any atom is 0.257 e. The number of hydrogen-bond donors (Lipinski definition) is 2. The number of rotatable bonds is 8. The maximum absolute atomic E-state index is 12.7. The number of nitrogens with zero attached hydrogens (tertiary/aromatic N) is 2. The van der Waals surface area contributed by atoms with Gasteiger partial charge in [0.25, 0.3) is 5.91 Å². The summed E-state index contributed by atoms with van der Waals surface area (Å²) in [5.41, 5.74) is 4.73. The highest BCUT2D eigenvalue weighted by Crippen LogP contribution is 2.22. The molecule has 1 heterocycles. The molecule has 1 fully saturated rings. The van der Waals surface area contributed by atoms with Crippen LogP contribution in [0.4, 0.5) is 11.4 Å². The van der Waals surface area contributed by atoms with E-state index in [2.05, 4.69) is 38.6 Å². The lowest BCUT2D eigenvalue weighted by molar-refractivity contribution is 0.0977. The Labute approximate surface area is 245 Å². The molecule has 2 N–H and O–H groups in total. The van der Waals surface area contributed by atoms with E-state index in [9.17, 15) is 4.79 Å². The second-order valence-corrected chi connectivity index (χ2v) is 10.4. The Morgan fingerprint density at radius 1 is 0.825 bits per heavy atom. The van der Waals surface area contributed by atoms with Crippen molar-refractivity contribution in [3.8, 4) is 5.75 Å². The summed E-state index contributed by atoms with van der Waals surface area (Å²) in [4.78, 5) is 17.5. The molecule has 0 spiro atoms. The van der Waals surface area contributed by atoms with Crippen LogP contribution in [0.2, 0.25) is 5.02 Å². The smallest absolute Gasteiger partial charge is 0.257 e. The van der Waals surface area contributed by atoms with E-state index >= 15 is 0 Å². The number of hydrogen-bond acceptors (Lipinski definition) is 5. The fraction of sp³-hybridized carbons (Fsp3) is 0.188. The van der Waals surface area contributed by atoms with E-state index in [1.807, 2.05) is 60.7 Å². The molecular formula is C32H31ClN4O2S. The first kappa shape index (κ1) is 27.6. The normalized spacial score (nSPS) is 13.5. The molecule has 1 amide bonds. The maximum atomic E-state index is 12.7. The number of nitrogens with one attached hydrogen (secondary N) is 2. The first-order valence-corrected chi connectivity index (χ1v) is 14.0. The van der Waals surface area contributed by atoms with Gasteiger partial charge < -0.3 is 15.0 Å². The van der Waals surface area contributed by atoms with Gasteiger partial charge >= 0.3 is 0 Å². The summed E-state index contributed by atoms with van der Waals surface area (Å²) < 4.78 is 5.79. The number of amides is 1. The lowest BCUT2D eigenvalue weighted by Crippen LogP contribution is -2.46. The summed E-state index contributed by atoms with van der Waals surface area (Å²) in [7, 11) is 0. The van der Waals surface area contributed by atoms with Crippen molar-refractivity contribution in [1.82, 2.24) is 10.2 Å². The number of benzene rings is 4. The number of anilines is 2. The third-order valence-electron chi connectivity index (χ3n) is 6.81. The molecule has 40 heavy (non-hydrogen) atoms. The van der Waals surface area contributed by atoms with Crippen LogP contribution in [0, 0.1) is 0 Å². The third kappa shape index (κ3) is 7.60. The first-order chi connectivity index (χ1) is 19.5. The Morgan fingerprint density at radius 2 is 1.50 bits per heavy atom. The Balaban J connectivity index is 1.06. The van der Waals surface area contributed by atoms with Gasteiger partial charge in [-0.2, -0.15) is 0 Å². The second-order valence-electron chi connectivity index (χ2n) is 9.61. The minimum absolute atomic E-state index is 0.246. The quantitative estimate of drug-likeness (QED) is 0.240. The lowest BCUT2D eigenvalue weighted by Gasteiger charge is -2.36. The van der Waals surface area contributed by atoms with Crippen molar-refractivity contribution in [2.24, 2.45) is 0 Å². The van der Waals surface area contributed by atoms with Crippen LogP contribution in [0.15, 0.2) is 103 Å². The molecule has 5 rings (SSSR count). The van der Waals surface area contributed by atoms with Crippen LogP contribution in [-0.4, -0.2) is 42.1 Å². The van der Waals surface area contributed by atoms with E-state index < -0.39 is 0 Å². The largest absolute Gasteiger partial charge is 0.489 e. The lowest BCUT2D eigenvalue weighted by atomic mass is 10.2. The number of carbonyl (C=O) groups excluding carboxylic acids is 1. The minimum atomic E-state index is -0.279. The summed E-state index contributed by atoms with van der Waals surface area (Å²) in [5, 5.41) is 6.91. The van der Waals surface area contributed by atoms with Crippen LogP contribution < -0.4 is 20.3 Å². The monoisotopic (exact) mass is 570 g/mol. The topological polar surface area (TPSA) is 56.8 Å². The van der Waals surface area contributed by atoms with Gasteiger partial charge in [-0.3, -0.25) is 15.0 Å². The van der Waals surface area contributed by atoms with Crippen LogP contribution in [0.3, 0.4) is 0 Å². The summed E-state index contributed by atoms with van der Waals surface area (Å²) in [6, 6.07) is 33.1. The Bertz CT molecular complexity index is 1420. The summed E-state index contributed by atoms with van der Waals surface area (Å²) in [6.07, 6.45) is 0. The van der Waals surface area contributed by atoms with E-state index in [1.54, 1.807) is 24.3 Å². The van der Waals surface area contributed by atoms with E-state index in [0.29, 0.717) is 17.9 Å². The molecule has 1 aliphatic rings. The molecule has 6 nitrogen and oxygen atoms in total. The number of ether oxygens (including phenoxy) is 1. The van der Waals surface area contributed by atoms with Crippen LogP contribution in [0.5, 0.6) is 5.75 Å². The Morgan fingerprint density at radius 3 is 2.20 bits per heavy atom. The number of thiocarbonyl (C=S) groups is 1. The molecule has 0 saturated carbocycles. The summed E-state index contributed by atoms with van der Waals surface area (Å²) in [6.45, 7) is 5.18. The zero-order valence-electron chi connectivity index (χ0n) is 22.1. The van der Waals surface area contributed by atoms with Gasteiger partial charge in [-0.1, -0.05) is 60.1 Å².